The van der Waals surface area contributed by atoms with Crippen LogP contribution in [0.5, 0.6) is 0 Å². The third kappa shape index (κ3) is 2.36. The van der Waals surface area contributed by atoms with Crippen LogP contribution in [-0.4, -0.2) is 30.7 Å². The maximum Gasteiger partial charge on any atom is 0.126 e. The van der Waals surface area contributed by atoms with Gasteiger partial charge >= 0.3 is 0 Å². The summed E-state index contributed by atoms with van der Waals surface area (Å²) in [6.45, 7) is 6.83. The molecule has 0 saturated heterocycles. The number of carbonyl (C=O) groups excluding carboxylic acids is 1. The van der Waals surface area contributed by atoms with Crippen LogP contribution in [0.4, 0.5) is 0 Å². The molecule has 8 atom stereocenters. The molecule has 0 bridgehead atoms. The molecule has 0 radical (unpaired) electrons. The highest BCUT2D eigenvalue weighted by Crippen LogP contribution is 2.66. The summed E-state index contributed by atoms with van der Waals surface area (Å²) >= 11 is 0. The number of allylic oxidation sites excluding steroid dienone is 2. The molecule has 144 valence electrons. The van der Waals surface area contributed by atoms with Gasteiger partial charge in [-0.15, -0.1) is 0 Å². The Bertz CT molecular complexity index is 650. The van der Waals surface area contributed by atoms with E-state index in [9.17, 15) is 9.90 Å². The highest BCUT2D eigenvalue weighted by atomic mass is 16.5. The number of aldehydes is 1. The highest BCUT2D eigenvalue weighted by Gasteiger charge is 2.61. The van der Waals surface area contributed by atoms with Crippen molar-refractivity contribution in [3.05, 3.63) is 23.3 Å². The Balaban J connectivity index is 1.72. The molecule has 2 saturated carbocycles. The first-order valence-corrected chi connectivity index (χ1v) is 10.4. The molecule has 0 aromatic carbocycles. The van der Waals surface area contributed by atoms with Gasteiger partial charge in [-0.2, -0.15) is 0 Å². The Labute approximate surface area is 157 Å². The molecular weight excluding hydrogens is 324 g/mol. The van der Waals surface area contributed by atoms with E-state index in [-0.39, 0.29) is 29.0 Å². The molecule has 26 heavy (non-hydrogen) atoms. The number of hydrogen-bond donors (Lipinski definition) is 1. The number of methoxy groups -OCH3 is 1. The lowest BCUT2D eigenvalue weighted by Gasteiger charge is -2.60. The lowest BCUT2D eigenvalue weighted by atomic mass is 9.46. The maximum atomic E-state index is 11.5. The fourth-order valence-corrected chi connectivity index (χ4v) is 7.29. The average Bonchev–Trinajstić information content (AvgIpc) is 2.99. The second-order valence-corrected chi connectivity index (χ2v) is 9.72. The summed E-state index contributed by atoms with van der Waals surface area (Å²) in [4.78, 5) is 11.5. The van der Waals surface area contributed by atoms with Crippen molar-refractivity contribution in [2.24, 2.45) is 34.5 Å². The molecule has 3 nitrogen and oxygen atoms in total. The normalized spacial score (nSPS) is 48.6. The van der Waals surface area contributed by atoms with Crippen molar-refractivity contribution < 1.29 is 14.6 Å². The average molecular weight is 359 g/mol. The Kier molecular flexibility index (Phi) is 4.47. The zero-order chi connectivity index (χ0) is 18.7. The summed E-state index contributed by atoms with van der Waals surface area (Å²) in [5.41, 5.74) is 2.98. The molecule has 4 rings (SSSR count). The predicted octanol–water partition coefficient (Wildman–Crippen LogP) is 4.31. The van der Waals surface area contributed by atoms with Crippen molar-refractivity contribution in [2.45, 2.75) is 71.5 Å². The molecule has 1 N–H and O–H groups in total. The van der Waals surface area contributed by atoms with E-state index in [0.29, 0.717) is 17.8 Å². The van der Waals surface area contributed by atoms with E-state index in [1.807, 2.05) is 14.0 Å². The highest BCUT2D eigenvalue weighted by molar-refractivity contribution is 5.60. The minimum atomic E-state index is -0.161. The fourth-order valence-electron chi connectivity index (χ4n) is 7.29. The lowest BCUT2D eigenvalue weighted by Crippen LogP contribution is -2.56. The summed E-state index contributed by atoms with van der Waals surface area (Å²) in [6, 6.07) is 0. The van der Waals surface area contributed by atoms with Crippen LogP contribution in [0.1, 0.15) is 59.3 Å². The van der Waals surface area contributed by atoms with Crippen LogP contribution in [0.3, 0.4) is 0 Å². The smallest absolute Gasteiger partial charge is 0.126 e. The predicted molar refractivity (Wildman–Crippen MR) is 103 cm³/mol. The van der Waals surface area contributed by atoms with Gasteiger partial charge in [0.15, 0.2) is 0 Å². The summed E-state index contributed by atoms with van der Waals surface area (Å²) in [5, 5.41) is 10.2. The minimum Gasteiger partial charge on any atom is -0.393 e. The third-order valence-electron chi connectivity index (χ3n) is 8.77. The first-order valence-electron chi connectivity index (χ1n) is 10.4. The van der Waals surface area contributed by atoms with Crippen molar-refractivity contribution in [1.29, 1.82) is 0 Å². The van der Waals surface area contributed by atoms with E-state index in [0.717, 1.165) is 44.8 Å². The summed E-state index contributed by atoms with van der Waals surface area (Å²) in [5.74, 6) is 1.82. The van der Waals surface area contributed by atoms with Crippen molar-refractivity contribution >= 4 is 6.29 Å². The molecule has 0 amide bonds. The first-order chi connectivity index (χ1) is 12.4. The summed E-state index contributed by atoms with van der Waals surface area (Å²) in [6.07, 6.45) is 12.0. The molecule has 2 fully saturated rings. The molecule has 0 aromatic heterocycles. The van der Waals surface area contributed by atoms with Crippen LogP contribution in [-0.2, 0) is 9.53 Å². The second-order valence-electron chi connectivity index (χ2n) is 9.72. The SMILES string of the molecule is CO[C@@H]1C[C@H]2[C@@H](CC=C3C[C@@H](O)CC[C@@]32C)[C@@H]2CC=C([C@H](C)C=O)[C@@]12C. The van der Waals surface area contributed by atoms with E-state index >= 15 is 0 Å². The number of hydrogen-bond acceptors (Lipinski definition) is 3. The molecular formula is C23H34O3. The number of rotatable bonds is 3. The lowest BCUT2D eigenvalue weighted by molar-refractivity contribution is -0.123. The third-order valence-corrected chi connectivity index (χ3v) is 8.77. The molecule has 4 aliphatic rings. The van der Waals surface area contributed by atoms with Crippen LogP contribution in [0.25, 0.3) is 0 Å². The van der Waals surface area contributed by atoms with Gasteiger partial charge in [-0.25, -0.2) is 0 Å². The number of aliphatic hydroxyl groups is 1. The van der Waals surface area contributed by atoms with Gasteiger partial charge in [0, 0.05) is 18.4 Å². The van der Waals surface area contributed by atoms with Crippen LogP contribution >= 0.6 is 0 Å². The number of aliphatic hydroxyl groups excluding tert-OH is 1. The molecule has 4 aliphatic carbocycles. The monoisotopic (exact) mass is 358 g/mol. The van der Waals surface area contributed by atoms with Crippen molar-refractivity contribution in [2.75, 3.05) is 7.11 Å². The molecule has 0 heterocycles. The van der Waals surface area contributed by atoms with Crippen molar-refractivity contribution in [1.82, 2.24) is 0 Å². The Hall–Kier alpha value is -0.930. The van der Waals surface area contributed by atoms with Gasteiger partial charge in [0.1, 0.15) is 6.29 Å². The van der Waals surface area contributed by atoms with E-state index in [1.165, 1.54) is 11.1 Å². The molecule has 0 unspecified atom stereocenters. The van der Waals surface area contributed by atoms with Gasteiger partial charge in [-0.1, -0.05) is 44.1 Å². The van der Waals surface area contributed by atoms with Crippen LogP contribution < -0.4 is 0 Å². The largest absolute Gasteiger partial charge is 0.393 e. The van der Waals surface area contributed by atoms with Crippen LogP contribution in [0, 0.1) is 34.5 Å². The Morgan fingerprint density at radius 2 is 2.04 bits per heavy atom. The maximum absolute atomic E-state index is 11.5. The van der Waals surface area contributed by atoms with Crippen LogP contribution in [0.2, 0.25) is 0 Å². The van der Waals surface area contributed by atoms with E-state index in [1.54, 1.807) is 0 Å². The Morgan fingerprint density at radius 3 is 2.73 bits per heavy atom. The van der Waals surface area contributed by atoms with Gasteiger partial charge < -0.3 is 14.6 Å². The fraction of sp³-hybridized carbons (Fsp3) is 0.783. The van der Waals surface area contributed by atoms with Crippen molar-refractivity contribution in [3.8, 4) is 0 Å². The summed E-state index contributed by atoms with van der Waals surface area (Å²) < 4.78 is 6.10. The van der Waals surface area contributed by atoms with Crippen molar-refractivity contribution in [3.63, 3.8) is 0 Å². The molecule has 3 heteroatoms. The van der Waals surface area contributed by atoms with Gasteiger partial charge in [-0.05, 0) is 61.7 Å². The Morgan fingerprint density at radius 1 is 1.27 bits per heavy atom. The zero-order valence-electron chi connectivity index (χ0n) is 16.7. The van der Waals surface area contributed by atoms with Gasteiger partial charge in [0.25, 0.3) is 0 Å². The number of fused-ring (bicyclic) bond motifs is 5. The van der Waals surface area contributed by atoms with Gasteiger partial charge in [0.05, 0.1) is 12.2 Å². The second kappa shape index (κ2) is 6.31. The van der Waals surface area contributed by atoms with E-state index in [2.05, 4.69) is 26.0 Å². The molecule has 0 aromatic rings. The topological polar surface area (TPSA) is 46.5 Å². The standard InChI is InChI=1S/C23H34O3/c1-14(13-24)18-7-8-19-17-6-5-15-11-16(25)9-10-22(15,2)20(17)12-21(26-4)23(18,19)3/h5,7,13-14,16-17,19-21,25H,6,8-12H2,1-4H3/t14-,16+,17+,19+,20+,21-,22+,23-/m1/s1. The van der Waals surface area contributed by atoms with E-state index in [4.69, 9.17) is 4.74 Å². The summed E-state index contributed by atoms with van der Waals surface area (Å²) in [7, 11) is 1.85. The van der Waals surface area contributed by atoms with Gasteiger partial charge in [-0.3, -0.25) is 0 Å². The number of carbonyl (C=O) groups is 1. The molecule has 0 spiro atoms. The van der Waals surface area contributed by atoms with E-state index < -0.39 is 0 Å². The zero-order valence-corrected chi connectivity index (χ0v) is 16.7. The number of ether oxygens (including phenoxy) is 1. The minimum absolute atomic E-state index is 0.0192. The first kappa shape index (κ1) is 18.4. The van der Waals surface area contributed by atoms with Crippen LogP contribution in [0.15, 0.2) is 23.3 Å². The van der Waals surface area contributed by atoms with Gasteiger partial charge in [0.2, 0.25) is 0 Å². The quantitative estimate of drug-likeness (QED) is 0.604. The molecule has 0 aliphatic heterocycles.